The first-order valence-electron chi connectivity index (χ1n) is 9.45. The van der Waals surface area contributed by atoms with Crippen LogP contribution in [0, 0.1) is 0 Å². The highest BCUT2D eigenvalue weighted by Crippen LogP contribution is 2.30. The van der Waals surface area contributed by atoms with Crippen molar-refractivity contribution in [2.75, 3.05) is 13.2 Å². The van der Waals surface area contributed by atoms with Gasteiger partial charge in [-0.05, 0) is 43.5 Å². The summed E-state index contributed by atoms with van der Waals surface area (Å²) in [6.45, 7) is 3.00. The lowest BCUT2D eigenvalue weighted by molar-refractivity contribution is -0.192. The van der Waals surface area contributed by atoms with E-state index in [1.807, 2.05) is 25.1 Å². The van der Waals surface area contributed by atoms with Crippen LogP contribution in [0.25, 0.3) is 0 Å². The van der Waals surface area contributed by atoms with Crippen LogP contribution in [0.4, 0.5) is 13.2 Å². The molecule has 11 heteroatoms. The molecule has 0 saturated carbocycles. The Hall–Kier alpha value is -2.50. The van der Waals surface area contributed by atoms with Crippen LogP contribution in [0.5, 0.6) is 0 Å². The summed E-state index contributed by atoms with van der Waals surface area (Å²) in [5.41, 5.74) is 1.02. The molecule has 2 heterocycles. The highest BCUT2D eigenvalue weighted by Gasteiger charge is 2.42. The van der Waals surface area contributed by atoms with Crippen LogP contribution in [-0.4, -0.2) is 60.3 Å². The van der Waals surface area contributed by atoms with Crippen molar-refractivity contribution in [1.29, 1.82) is 0 Å². The Balaban J connectivity index is 0.000000423. The molecule has 0 aliphatic carbocycles. The fraction of sp³-hybridized carbons (Fsp3) is 0.400. The molecule has 0 spiro atoms. The number of halogens is 3. The van der Waals surface area contributed by atoms with Crippen LogP contribution < -0.4 is 0 Å². The standard InChI is InChI=1S/C18H22N2O3S.C2HF3O2/c1-2-23-18-10-12-20(17(18)13-15-7-6-11-19-14-15)24(21,22)16-8-4-3-5-9-16;3-2(4,5)1(6)7/h3-9,11,14,17-18H,2,10,12-13H2,1H3;(H,6,7)/t17-,18-;/m1./s1. The molecule has 1 aliphatic rings. The van der Waals surface area contributed by atoms with Crippen molar-refractivity contribution in [3.63, 3.8) is 0 Å². The average molecular weight is 460 g/mol. The summed E-state index contributed by atoms with van der Waals surface area (Å²) in [6, 6.07) is 12.2. The summed E-state index contributed by atoms with van der Waals surface area (Å²) in [5, 5.41) is 7.12. The Bertz CT molecular complexity index is 940. The molecule has 1 aliphatic heterocycles. The third-order valence-electron chi connectivity index (χ3n) is 4.57. The predicted octanol–water partition coefficient (Wildman–Crippen LogP) is 3.13. The maximum absolute atomic E-state index is 13.0. The zero-order valence-electron chi connectivity index (χ0n) is 16.7. The fourth-order valence-corrected chi connectivity index (χ4v) is 4.91. The molecule has 2 aromatic rings. The van der Waals surface area contributed by atoms with Gasteiger partial charge in [0.05, 0.1) is 17.0 Å². The van der Waals surface area contributed by atoms with E-state index in [2.05, 4.69) is 4.98 Å². The SMILES string of the molecule is CCO[C@@H]1CCN(S(=O)(=O)c2ccccc2)[C@@H]1Cc1cccnc1.O=C(O)C(F)(F)F. The van der Waals surface area contributed by atoms with Gasteiger partial charge in [0.2, 0.25) is 10.0 Å². The second-order valence-corrected chi connectivity index (χ2v) is 8.54. The second kappa shape index (κ2) is 10.7. The Labute approximate surface area is 178 Å². The van der Waals surface area contributed by atoms with Gasteiger partial charge < -0.3 is 9.84 Å². The largest absolute Gasteiger partial charge is 0.490 e. The van der Waals surface area contributed by atoms with Gasteiger partial charge in [-0.1, -0.05) is 24.3 Å². The number of carboxylic acid groups (broad SMARTS) is 1. The number of alkyl halides is 3. The number of aromatic nitrogens is 1. The molecule has 1 saturated heterocycles. The van der Waals surface area contributed by atoms with Crippen molar-refractivity contribution in [2.45, 2.75) is 43.0 Å². The maximum Gasteiger partial charge on any atom is 0.490 e. The number of benzene rings is 1. The molecule has 0 radical (unpaired) electrons. The number of pyridine rings is 1. The quantitative estimate of drug-likeness (QED) is 0.712. The summed E-state index contributed by atoms with van der Waals surface area (Å²) < 4.78 is 65.2. The molecule has 0 unspecified atom stereocenters. The van der Waals surface area contributed by atoms with Crippen molar-refractivity contribution in [3.05, 3.63) is 60.4 Å². The fourth-order valence-electron chi connectivity index (χ4n) is 3.23. The van der Waals surface area contributed by atoms with Crippen molar-refractivity contribution in [1.82, 2.24) is 9.29 Å². The lowest BCUT2D eigenvalue weighted by Gasteiger charge is -2.27. The molecular weight excluding hydrogens is 437 g/mol. The number of carbonyl (C=O) groups is 1. The van der Waals surface area contributed by atoms with Crippen molar-refractivity contribution < 1.29 is 36.2 Å². The molecular formula is C20H23F3N2O5S. The molecule has 1 N–H and O–H groups in total. The smallest absolute Gasteiger partial charge is 0.475 e. The molecule has 0 amide bonds. The molecule has 1 aromatic heterocycles. The van der Waals surface area contributed by atoms with E-state index in [1.54, 1.807) is 41.0 Å². The Kier molecular flexibility index (Phi) is 8.54. The number of aliphatic carboxylic acids is 1. The van der Waals surface area contributed by atoms with E-state index in [1.165, 1.54) is 0 Å². The normalized spacial score (nSPS) is 19.5. The van der Waals surface area contributed by atoms with E-state index < -0.39 is 22.2 Å². The molecule has 31 heavy (non-hydrogen) atoms. The van der Waals surface area contributed by atoms with E-state index in [4.69, 9.17) is 14.6 Å². The minimum Gasteiger partial charge on any atom is -0.475 e. The van der Waals surface area contributed by atoms with E-state index >= 15 is 0 Å². The van der Waals surface area contributed by atoms with Gasteiger partial charge in [-0.25, -0.2) is 13.2 Å². The van der Waals surface area contributed by atoms with E-state index in [0.717, 1.165) is 5.56 Å². The van der Waals surface area contributed by atoms with Crippen molar-refractivity contribution in [2.24, 2.45) is 0 Å². The van der Waals surface area contributed by atoms with Crippen LogP contribution >= 0.6 is 0 Å². The first-order chi connectivity index (χ1) is 14.6. The van der Waals surface area contributed by atoms with Crippen LogP contribution in [0.15, 0.2) is 59.8 Å². The first-order valence-corrected chi connectivity index (χ1v) is 10.9. The van der Waals surface area contributed by atoms with E-state index in [9.17, 15) is 21.6 Å². The minimum absolute atomic E-state index is 0.0892. The third-order valence-corrected chi connectivity index (χ3v) is 6.51. The Morgan fingerprint density at radius 2 is 1.87 bits per heavy atom. The summed E-state index contributed by atoms with van der Waals surface area (Å²) >= 11 is 0. The molecule has 7 nitrogen and oxygen atoms in total. The minimum atomic E-state index is -5.08. The van der Waals surface area contributed by atoms with E-state index in [0.29, 0.717) is 30.9 Å². The van der Waals surface area contributed by atoms with Gasteiger partial charge in [0.25, 0.3) is 0 Å². The van der Waals surface area contributed by atoms with Crippen LogP contribution in [0.3, 0.4) is 0 Å². The summed E-state index contributed by atoms with van der Waals surface area (Å²) in [7, 11) is -3.53. The number of hydrogen-bond donors (Lipinski definition) is 1. The van der Waals surface area contributed by atoms with E-state index in [-0.39, 0.29) is 12.1 Å². The van der Waals surface area contributed by atoms with Gasteiger partial charge in [-0.15, -0.1) is 0 Å². The lowest BCUT2D eigenvalue weighted by atomic mass is 10.0. The highest BCUT2D eigenvalue weighted by molar-refractivity contribution is 7.89. The van der Waals surface area contributed by atoms with Gasteiger partial charge in [-0.3, -0.25) is 4.98 Å². The van der Waals surface area contributed by atoms with Crippen LogP contribution in [-0.2, 0) is 26.0 Å². The lowest BCUT2D eigenvalue weighted by Crippen LogP contribution is -2.41. The average Bonchev–Trinajstić information content (AvgIpc) is 3.12. The predicted molar refractivity (Wildman–Crippen MR) is 106 cm³/mol. The highest BCUT2D eigenvalue weighted by atomic mass is 32.2. The van der Waals surface area contributed by atoms with Gasteiger partial charge >= 0.3 is 12.1 Å². The third kappa shape index (κ3) is 6.74. The zero-order valence-corrected chi connectivity index (χ0v) is 17.5. The summed E-state index contributed by atoms with van der Waals surface area (Å²) in [4.78, 5) is 13.4. The van der Waals surface area contributed by atoms with Crippen molar-refractivity contribution in [3.8, 4) is 0 Å². The number of nitrogens with zero attached hydrogens (tertiary/aromatic N) is 2. The number of rotatable bonds is 6. The Morgan fingerprint density at radius 3 is 2.39 bits per heavy atom. The first kappa shape index (κ1) is 24.8. The van der Waals surface area contributed by atoms with Crippen LogP contribution in [0.2, 0.25) is 0 Å². The zero-order chi connectivity index (χ0) is 23.1. The van der Waals surface area contributed by atoms with Gasteiger partial charge in [0.1, 0.15) is 0 Å². The maximum atomic E-state index is 13.0. The van der Waals surface area contributed by atoms with Crippen LogP contribution in [0.1, 0.15) is 18.9 Å². The molecule has 0 bridgehead atoms. The van der Waals surface area contributed by atoms with Gasteiger partial charge in [-0.2, -0.15) is 17.5 Å². The summed E-state index contributed by atoms with van der Waals surface area (Å²) in [6.07, 6.45) is -0.352. The number of sulfonamides is 1. The molecule has 1 aromatic carbocycles. The second-order valence-electron chi connectivity index (χ2n) is 6.65. The van der Waals surface area contributed by atoms with Crippen molar-refractivity contribution >= 4 is 16.0 Å². The number of hydrogen-bond acceptors (Lipinski definition) is 5. The number of ether oxygens (including phenoxy) is 1. The monoisotopic (exact) mass is 460 g/mol. The van der Waals surface area contributed by atoms with Gasteiger partial charge in [0.15, 0.2) is 0 Å². The van der Waals surface area contributed by atoms with Gasteiger partial charge in [0, 0.05) is 25.5 Å². The number of carboxylic acids is 1. The molecule has 3 rings (SSSR count). The molecule has 170 valence electrons. The molecule has 1 fully saturated rings. The Morgan fingerprint density at radius 1 is 1.23 bits per heavy atom. The summed E-state index contributed by atoms with van der Waals surface area (Å²) in [5.74, 6) is -2.76. The molecule has 2 atom stereocenters. The topological polar surface area (TPSA) is 96.8 Å².